The molecular formula is C14H22N2O3S2. The first-order chi connectivity index (χ1) is 9.57. The molecule has 3 N–H and O–H groups in total. The van der Waals surface area contributed by atoms with Gasteiger partial charge in [-0.1, -0.05) is 43.4 Å². The van der Waals surface area contributed by atoms with Gasteiger partial charge in [0, 0.05) is 18.7 Å². The number of hydrogen-bond donors (Lipinski definition) is 2. The van der Waals surface area contributed by atoms with Crippen molar-refractivity contribution < 1.29 is 13.5 Å². The van der Waals surface area contributed by atoms with Crippen molar-refractivity contribution in [1.29, 1.82) is 0 Å². The first-order valence-electron chi connectivity index (χ1n) is 6.65. The maximum atomic E-state index is 12.5. The first kappa shape index (κ1) is 18.0. The number of nitrogens with two attached hydrogens (primary N) is 1. The second-order valence-electron chi connectivity index (χ2n) is 5.52. The van der Waals surface area contributed by atoms with Crippen LogP contribution in [0.1, 0.15) is 31.9 Å². The van der Waals surface area contributed by atoms with E-state index in [0.29, 0.717) is 17.7 Å². The molecule has 0 unspecified atom stereocenters. The van der Waals surface area contributed by atoms with Crippen LogP contribution in [0.2, 0.25) is 0 Å². The van der Waals surface area contributed by atoms with E-state index in [1.165, 1.54) is 4.31 Å². The molecule has 1 aromatic rings. The van der Waals surface area contributed by atoms with Crippen LogP contribution in [0.15, 0.2) is 24.3 Å². The predicted molar refractivity (Wildman–Crippen MR) is 88.5 cm³/mol. The highest BCUT2D eigenvalue weighted by molar-refractivity contribution is 7.88. The Morgan fingerprint density at radius 1 is 1.38 bits per heavy atom. The highest BCUT2D eigenvalue weighted by atomic mass is 32.2. The van der Waals surface area contributed by atoms with Gasteiger partial charge in [-0.05, 0) is 19.4 Å². The highest BCUT2D eigenvalue weighted by Gasteiger charge is 2.27. The number of sulfonamides is 1. The van der Waals surface area contributed by atoms with Gasteiger partial charge >= 0.3 is 0 Å². The molecule has 0 atom stereocenters. The summed E-state index contributed by atoms with van der Waals surface area (Å²) in [5, 5.41) is 9.84. The molecular weight excluding hydrogens is 308 g/mol. The van der Waals surface area contributed by atoms with E-state index in [1.54, 1.807) is 45.0 Å². The first-order valence-corrected chi connectivity index (χ1v) is 8.66. The molecule has 7 heteroatoms. The van der Waals surface area contributed by atoms with Crippen molar-refractivity contribution in [2.45, 2.75) is 32.1 Å². The fourth-order valence-corrected chi connectivity index (χ4v) is 3.95. The van der Waals surface area contributed by atoms with Crippen LogP contribution in [0.5, 0.6) is 0 Å². The van der Waals surface area contributed by atoms with Crippen molar-refractivity contribution in [3.63, 3.8) is 0 Å². The van der Waals surface area contributed by atoms with Gasteiger partial charge in [0.25, 0.3) is 0 Å². The Labute approximate surface area is 131 Å². The Kier molecular flexibility index (Phi) is 5.86. The molecule has 0 saturated heterocycles. The van der Waals surface area contributed by atoms with Gasteiger partial charge in [-0.25, -0.2) is 8.42 Å². The quantitative estimate of drug-likeness (QED) is 0.735. The van der Waals surface area contributed by atoms with Crippen LogP contribution >= 0.6 is 12.2 Å². The van der Waals surface area contributed by atoms with E-state index >= 15 is 0 Å². The second-order valence-corrected chi connectivity index (χ2v) is 7.92. The molecule has 0 aromatic heterocycles. The minimum Gasteiger partial charge on any atom is -0.389 e. The summed E-state index contributed by atoms with van der Waals surface area (Å²) in [6, 6.07) is 6.92. The molecule has 0 aliphatic heterocycles. The third-order valence-corrected chi connectivity index (χ3v) is 5.00. The van der Waals surface area contributed by atoms with Crippen molar-refractivity contribution >= 4 is 27.2 Å². The second kappa shape index (κ2) is 6.83. The van der Waals surface area contributed by atoms with Crippen LogP contribution in [0.3, 0.4) is 0 Å². The van der Waals surface area contributed by atoms with E-state index in [-0.39, 0.29) is 17.3 Å². The molecule has 0 saturated carbocycles. The molecule has 0 heterocycles. The summed E-state index contributed by atoms with van der Waals surface area (Å²) in [7, 11) is -3.56. The highest BCUT2D eigenvalue weighted by Crippen LogP contribution is 2.17. The summed E-state index contributed by atoms with van der Waals surface area (Å²) >= 11 is 4.95. The Morgan fingerprint density at radius 3 is 2.43 bits per heavy atom. The lowest BCUT2D eigenvalue weighted by molar-refractivity contribution is 0.0601. The Morgan fingerprint density at radius 2 is 1.95 bits per heavy atom. The smallest absolute Gasteiger partial charge is 0.218 e. The lowest BCUT2D eigenvalue weighted by Crippen LogP contribution is -2.42. The lowest BCUT2D eigenvalue weighted by Gasteiger charge is -2.27. The zero-order valence-electron chi connectivity index (χ0n) is 12.5. The largest absolute Gasteiger partial charge is 0.389 e. The fourth-order valence-electron chi connectivity index (χ4n) is 2.01. The Bertz CT molecular complexity index is 607. The van der Waals surface area contributed by atoms with Crippen LogP contribution in [-0.2, 0) is 15.8 Å². The minimum atomic E-state index is -3.56. The van der Waals surface area contributed by atoms with Crippen molar-refractivity contribution in [2.75, 3.05) is 13.1 Å². The van der Waals surface area contributed by atoms with Crippen LogP contribution in [0.4, 0.5) is 0 Å². The average Bonchev–Trinajstić information content (AvgIpc) is 2.34. The monoisotopic (exact) mass is 330 g/mol. The zero-order valence-corrected chi connectivity index (χ0v) is 14.2. The maximum absolute atomic E-state index is 12.5. The number of hydrogen-bond acceptors (Lipinski definition) is 4. The molecule has 1 rings (SSSR count). The lowest BCUT2D eigenvalue weighted by atomic mass is 10.1. The van der Waals surface area contributed by atoms with Crippen LogP contribution < -0.4 is 5.73 Å². The van der Waals surface area contributed by atoms with E-state index in [2.05, 4.69) is 0 Å². The molecule has 1 aromatic carbocycles. The number of rotatable bonds is 7. The summed E-state index contributed by atoms with van der Waals surface area (Å²) in [5.41, 5.74) is 5.67. The third kappa shape index (κ3) is 5.35. The molecule has 0 fully saturated rings. The number of benzene rings is 1. The van der Waals surface area contributed by atoms with Gasteiger partial charge in [-0.2, -0.15) is 4.31 Å². The topological polar surface area (TPSA) is 83.6 Å². The average molecular weight is 330 g/mol. The van der Waals surface area contributed by atoms with Crippen molar-refractivity contribution in [2.24, 2.45) is 5.73 Å². The summed E-state index contributed by atoms with van der Waals surface area (Å²) in [4.78, 5) is 0.173. The third-order valence-electron chi connectivity index (χ3n) is 2.93. The van der Waals surface area contributed by atoms with E-state index in [4.69, 9.17) is 18.0 Å². The van der Waals surface area contributed by atoms with Crippen LogP contribution in [0, 0.1) is 0 Å². The number of nitrogens with zero attached hydrogens (tertiary/aromatic N) is 1. The molecule has 0 bridgehead atoms. The van der Waals surface area contributed by atoms with Gasteiger partial charge in [0.05, 0.1) is 11.4 Å². The fraction of sp³-hybridized carbons (Fsp3) is 0.500. The van der Waals surface area contributed by atoms with Crippen LogP contribution in [-0.4, -0.2) is 41.5 Å². The predicted octanol–water partition coefficient (Wildman–Crippen LogP) is 1.24. The van der Waals surface area contributed by atoms with Gasteiger partial charge < -0.3 is 10.8 Å². The Hall–Kier alpha value is -1.02. The zero-order chi connectivity index (χ0) is 16.3. The molecule has 21 heavy (non-hydrogen) atoms. The SMILES string of the molecule is CCN(CC(C)(C)O)S(=O)(=O)Cc1ccccc1C(N)=S. The van der Waals surface area contributed by atoms with Gasteiger partial charge in [0.15, 0.2) is 0 Å². The molecule has 0 radical (unpaired) electrons. The number of thiocarbonyl (C=S) groups is 1. The standard InChI is InChI=1S/C14H22N2O3S2/c1-4-16(10-14(2,3)17)21(18,19)9-11-7-5-6-8-12(11)13(15)20/h5-8,17H,4,9-10H2,1-3H3,(H2,15,20). The molecule has 0 spiro atoms. The van der Waals surface area contributed by atoms with Crippen molar-refractivity contribution in [3.8, 4) is 0 Å². The summed E-state index contributed by atoms with van der Waals surface area (Å²) in [6.07, 6.45) is 0. The van der Waals surface area contributed by atoms with Crippen LogP contribution in [0.25, 0.3) is 0 Å². The Balaban J connectivity index is 3.07. The normalized spacial score (nSPS) is 12.6. The number of aliphatic hydroxyl groups is 1. The van der Waals surface area contributed by atoms with Crippen molar-refractivity contribution in [3.05, 3.63) is 35.4 Å². The van der Waals surface area contributed by atoms with E-state index < -0.39 is 15.6 Å². The molecule has 118 valence electrons. The minimum absolute atomic E-state index is 0.0427. The van der Waals surface area contributed by atoms with E-state index in [9.17, 15) is 13.5 Å². The van der Waals surface area contributed by atoms with Gasteiger partial charge in [-0.3, -0.25) is 0 Å². The summed E-state index contributed by atoms with van der Waals surface area (Å²) < 4.78 is 26.3. The van der Waals surface area contributed by atoms with Crippen molar-refractivity contribution in [1.82, 2.24) is 4.31 Å². The summed E-state index contributed by atoms with van der Waals surface area (Å²) in [5.74, 6) is -0.190. The van der Waals surface area contributed by atoms with Gasteiger partial charge in [-0.15, -0.1) is 0 Å². The molecule has 0 aliphatic rings. The van der Waals surface area contributed by atoms with Gasteiger partial charge in [0.1, 0.15) is 4.99 Å². The number of likely N-dealkylation sites (N-methyl/N-ethyl adjacent to an activating group) is 1. The molecule has 0 aliphatic carbocycles. The van der Waals surface area contributed by atoms with E-state index in [1.807, 2.05) is 0 Å². The molecule has 0 amide bonds. The van der Waals surface area contributed by atoms with E-state index in [0.717, 1.165) is 0 Å². The summed E-state index contributed by atoms with van der Waals surface area (Å²) in [6.45, 7) is 5.23. The molecule has 5 nitrogen and oxygen atoms in total. The van der Waals surface area contributed by atoms with Gasteiger partial charge in [0.2, 0.25) is 10.0 Å². The maximum Gasteiger partial charge on any atom is 0.218 e.